The Morgan fingerprint density at radius 1 is 0.644 bits per heavy atom. The van der Waals surface area contributed by atoms with Crippen LogP contribution in [-0.2, 0) is 71.1 Å². The molecule has 13 saturated heterocycles. The molecule has 2 N–H and O–H groups in total. The van der Waals surface area contributed by atoms with Gasteiger partial charge in [0.05, 0.1) is 130 Å². The normalized spacial score (nSPS) is 56.1. The number of esters is 1. The van der Waals surface area contributed by atoms with Crippen molar-refractivity contribution in [2.75, 3.05) is 13.2 Å². The van der Waals surface area contributed by atoms with Crippen molar-refractivity contribution < 1.29 is 81.3 Å². The maximum Gasteiger partial charge on any atom is 0.308 e. The predicted molar refractivity (Wildman–Crippen MR) is 257 cm³/mol. The zero-order valence-electron chi connectivity index (χ0n) is 43.6. The highest BCUT2D eigenvalue weighted by Crippen LogP contribution is 2.56. The van der Waals surface area contributed by atoms with Crippen LogP contribution in [0, 0.1) is 23.7 Å². The highest BCUT2D eigenvalue weighted by Gasteiger charge is 2.65. The molecular weight excluding hydrogens is 945 g/mol. The summed E-state index contributed by atoms with van der Waals surface area (Å²) in [4.78, 5) is 14.4. The summed E-state index contributed by atoms with van der Waals surface area (Å²) in [5, 5.41) is 21.6. The molecule has 13 aliphatic heterocycles. The smallest absolute Gasteiger partial charge is 0.308 e. The van der Waals surface area contributed by atoms with Crippen LogP contribution < -0.4 is 0 Å². The third-order valence-corrected chi connectivity index (χ3v) is 19.7. The van der Waals surface area contributed by atoms with Gasteiger partial charge in [0.15, 0.2) is 17.4 Å². The third-order valence-electron chi connectivity index (χ3n) is 19.7. The summed E-state index contributed by atoms with van der Waals surface area (Å²) in [6, 6.07) is 0. The summed E-state index contributed by atoms with van der Waals surface area (Å²) in [6.07, 6.45) is 3.10. The van der Waals surface area contributed by atoms with E-state index in [2.05, 4.69) is 47.8 Å². The fraction of sp³-hybridized carbons (Fsp3) is 0.911. The Bertz CT molecular complexity index is 2090. The van der Waals surface area contributed by atoms with Gasteiger partial charge in [0.2, 0.25) is 0 Å². The van der Waals surface area contributed by atoms with Gasteiger partial charge in [0, 0.05) is 70.1 Å². The average molecular weight is 1030 g/mol. The van der Waals surface area contributed by atoms with Crippen molar-refractivity contribution in [1.82, 2.24) is 0 Å². The number of hydrogen-bond acceptors (Lipinski definition) is 17. The molecular formula is C56H82O17. The maximum atomic E-state index is 14.4. The van der Waals surface area contributed by atoms with Crippen molar-refractivity contribution in [2.45, 2.75) is 283 Å². The van der Waals surface area contributed by atoms with E-state index in [1.54, 1.807) is 0 Å². The Balaban J connectivity index is 0.679. The van der Waals surface area contributed by atoms with Crippen LogP contribution in [0.5, 0.6) is 0 Å². The lowest BCUT2D eigenvalue weighted by atomic mass is 9.79. The van der Waals surface area contributed by atoms with Crippen LogP contribution in [0.1, 0.15) is 137 Å². The van der Waals surface area contributed by atoms with Crippen LogP contribution in [-0.4, -0.2) is 175 Å². The minimum atomic E-state index is -0.965. The summed E-state index contributed by atoms with van der Waals surface area (Å²) >= 11 is 0. The van der Waals surface area contributed by atoms with Gasteiger partial charge < -0.3 is 76.5 Å². The Labute approximate surface area is 430 Å². The zero-order chi connectivity index (χ0) is 50.3. The van der Waals surface area contributed by atoms with E-state index in [-0.39, 0.29) is 122 Å². The lowest BCUT2D eigenvalue weighted by Gasteiger charge is -2.53. The number of aliphatic hydroxyl groups is 2. The van der Waals surface area contributed by atoms with E-state index in [0.29, 0.717) is 83.8 Å². The maximum absolute atomic E-state index is 14.4. The first-order valence-corrected chi connectivity index (χ1v) is 28.5. The highest BCUT2D eigenvalue weighted by molar-refractivity contribution is 5.70. The fourth-order valence-electron chi connectivity index (χ4n) is 16.4. The molecule has 13 fully saturated rings. The van der Waals surface area contributed by atoms with E-state index in [1.165, 1.54) is 0 Å². The molecule has 0 aromatic rings. The molecule has 73 heavy (non-hydrogen) atoms. The number of ether oxygens (including phenoxy) is 14. The molecule has 0 radical (unpaired) electrons. The summed E-state index contributed by atoms with van der Waals surface area (Å²) in [5.74, 6) is -2.50. The molecule has 13 rings (SSSR count). The van der Waals surface area contributed by atoms with Gasteiger partial charge in [-0.2, -0.15) is 0 Å². The SMILES string of the molecule is C=C1CO[C@@H](CC[C@]23C[C@@H](O)C(O2)[C@H]2CC(O3)[C@H]3O[C@@H](CC(=O)O[C@@H]4[C@@H](C)[C@@H]5O[C@@H]6C[C@]7(C[C@@H]8O[C@]9(C[C@H](C)[C@@H]%10OC[C@H](O)C[C@@H]%10O9)C[C@H](C)[C@@H]8O7)O[C@@H]6C[C@@H]5O[C@H]4C[C@H]4O[C@@H](C)C[C@@H](C)C4=C)CC[C@@H]3O2)C1. The van der Waals surface area contributed by atoms with Gasteiger partial charge in [0.1, 0.15) is 18.3 Å². The van der Waals surface area contributed by atoms with E-state index in [4.69, 9.17) is 66.3 Å². The first-order valence-electron chi connectivity index (χ1n) is 28.5. The van der Waals surface area contributed by atoms with Gasteiger partial charge in [-0.25, -0.2) is 0 Å². The first-order chi connectivity index (χ1) is 35.0. The second-order valence-electron chi connectivity index (χ2n) is 25.4. The zero-order valence-corrected chi connectivity index (χ0v) is 43.6. The number of hydrogen-bond donors (Lipinski definition) is 2. The van der Waals surface area contributed by atoms with Crippen LogP contribution in [0.2, 0.25) is 0 Å². The second kappa shape index (κ2) is 19.3. The molecule has 28 atom stereocenters. The molecule has 17 heteroatoms. The molecule has 0 aromatic heterocycles. The largest absolute Gasteiger partial charge is 0.459 e. The van der Waals surface area contributed by atoms with Crippen LogP contribution in [0.3, 0.4) is 0 Å². The molecule has 13 aliphatic rings. The van der Waals surface area contributed by atoms with E-state index < -0.39 is 60.1 Å². The standard InChI is InChI=1S/C56H82O17/c1-26-12-34(60-24-26)10-11-54-21-36(58)52(73-54)42-18-44(69-54)53-37(64-42)9-8-35(63-53)15-47(59)67-51-32(7)50-41(65-40(51)16-38-31(6)27(2)13-30(5)62-38)17-39-45(66-50)22-56(68-39)23-46-49(72-56)29(4)20-55(71-46)19-28(3)48-43(70-55)14-33(57)25-61-48/h27-30,32-46,48-53,57-58H,1,6,8-25H2,2-5,7H3/t27-,28+,29+,30+,32+,33-,34+,35-,36-,37+,38-,39-,40+,41+,42-,43+,44?,45-,46+,48+,49+,50+,51-,52?,53+,54-,55-,56+/m1/s1. The summed E-state index contributed by atoms with van der Waals surface area (Å²) < 4.78 is 94.0. The van der Waals surface area contributed by atoms with E-state index in [0.717, 1.165) is 36.8 Å². The summed E-state index contributed by atoms with van der Waals surface area (Å²) in [5.41, 5.74) is 2.13. The van der Waals surface area contributed by atoms with E-state index in [1.807, 2.05) is 0 Å². The molecule has 13 heterocycles. The second-order valence-corrected chi connectivity index (χ2v) is 25.4. The Morgan fingerprint density at radius 3 is 2.21 bits per heavy atom. The molecule has 2 spiro atoms. The number of fused-ring (bicyclic) bond motifs is 11. The fourth-order valence-corrected chi connectivity index (χ4v) is 16.4. The molecule has 2 unspecified atom stereocenters. The van der Waals surface area contributed by atoms with Crippen LogP contribution in [0.4, 0.5) is 0 Å². The number of carbonyl (C=O) groups is 1. The van der Waals surface area contributed by atoms with Crippen LogP contribution >= 0.6 is 0 Å². The molecule has 0 aromatic carbocycles. The number of rotatable bonds is 8. The van der Waals surface area contributed by atoms with Gasteiger partial charge in [-0.3, -0.25) is 4.79 Å². The first kappa shape index (κ1) is 50.8. The molecule has 408 valence electrons. The average Bonchev–Trinajstić information content (AvgIpc) is 4.09. The monoisotopic (exact) mass is 1030 g/mol. The van der Waals surface area contributed by atoms with Crippen molar-refractivity contribution in [3.05, 3.63) is 24.3 Å². The highest BCUT2D eigenvalue weighted by atomic mass is 16.8. The molecule has 0 aliphatic carbocycles. The molecule has 0 saturated carbocycles. The summed E-state index contributed by atoms with van der Waals surface area (Å²) in [7, 11) is 0. The van der Waals surface area contributed by atoms with Gasteiger partial charge >= 0.3 is 5.97 Å². The Kier molecular flexibility index (Phi) is 13.4. The third kappa shape index (κ3) is 9.46. The topological polar surface area (TPSA) is 187 Å². The van der Waals surface area contributed by atoms with Crippen molar-refractivity contribution in [3.8, 4) is 0 Å². The van der Waals surface area contributed by atoms with Gasteiger partial charge in [-0.05, 0) is 67.9 Å². The number of aliphatic hydroxyl groups excluding tert-OH is 2. The molecule has 0 amide bonds. The van der Waals surface area contributed by atoms with Gasteiger partial charge in [-0.1, -0.05) is 40.9 Å². The minimum absolute atomic E-state index is 0.0505. The lowest BCUT2D eigenvalue weighted by Crippen LogP contribution is -2.61. The van der Waals surface area contributed by atoms with Crippen LogP contribution in [0.15, 0.2) is 24.3 Å². The minimum Gasteiger partial charge on any atom is -0.459 e. The van der Waals surface area contributed by atoms with Gasteiger partial charge in [-0.15, -0.1) is 0 Å². The van der Waals surface area contributed by atoms with Gasteiger partial charge in [0.25, 0.3) is 0 Å². The van der Waals surface area contributed by atoms with Crippen molar-refractivity contribution in [1.29, 1.82) is 0 Å². The van der Waals surface area contributed by atoms with E-state index in [9.17, 15) is 15.0 Å². The molecule has 4 bridgehead atoms. The lowest BCUT2D eigenvalue weighted by molar-refractivity contribution is -0.366. The Hall–Kier alpha value is -1.65. The predicted octanol–water partition coefficient (Wildman–Crippen LogP) is 5.65. The summed E-state index contributed by atoms with van der Waals surface area (Å²) in [6.45, 7) is 20.3. The van der Waals surface area contributed by atoms with E-state index >= 15 is 0 Å². The van der Waals surface area contributed by atoms with Crippen molar-refractivity contribution in [2.24, 2.45) is 23.7 Å². The quantitative estimate of drug-likeness (QED) is 0.224. The van der Waals surface area contributed by atoms with Crippen molar-refractivity contribution >= 4 is 5.97 Å². The van der Waals surface area contributed by atoms with Crippen molar-refractivity contribution in [3.63, 3.8) is 0 Å². The van der Waals surface area contributed by atoms with Crippen LogP contribution in [0.25, 0.3) is 0 Å². The molecule has 17 nitrogen and oxygen atoms in total. The Morgan fingerprint density at radius 2 is 1.38 bits per heavy atom. The number of carbonyl (C=O) groups excluding carboxylic acids is 1.